The predicted octanol–water partition coefficient (Wildman–Crippen LogP) is 2.76. The van der Waals surface area contributed by atoms with Gasteiger partial charge in [-0.05, 0) is 51.0 Å². The summed E-state index contributed by atoms with van der Waals surface area (Å²) in [7, 11) is 0. The lowest BCUT2D eigenvalue weighted by molar-refractivity contribution is 0.0591. The van der Waals surface area contributed by atoms with E-state index in [2.05, 4.69) is 27.3 Å². The number of nitrogens with zero attached hydrogens (tertiary/aromatic N) is 2. The predicted molar refractivity (Wildman–Crippen MR) is 90.6 cm³/mol. The quantitative estimate of drug-likeness (QED) is 0.871. The third-order valence-corrected chi connectivity index (χ3v) is 5.79. The second kappa shape index (κ2) is 6.39. The first-order valence-corrected chi connectivity index (χ1v) is 9.36. The van der Waals surface area contributed by atoms with Crippen molar-refractivity contribution in [2.75, 3.05) is 6.61 Å². The van der Waals surface area contributed by atoms with Gasteiger partial charge >= 0.3 is 6.03 Å². The summed E-state index contributed by atoms with van der Waals surface area (Å²) >= 11 is 0. The fourth-order valence-electron chi connectivity index (χ4n) is 4.23. The van der Waals surface area contributed by atoms with Crippen molar-refractivity contribution in [2.24, 2.45) is 5.92 Å². The Morgan fingerprint density at radius 3 is 2.92 bits per heavy atom. The van der Waals surface area contributed by atoms with Crippen molar-refractivity contribution >= 4 is 6.03 Å². The Bertz CT molecular complexity index is 592. The van der Waals surface area contributed by atoms with Gasteiger partial charge in [-0.15, -0.1) is 0 Å². The van der Waals surface area contributed by atoms with Crippen molar-refractivity contribution in [1.82, 2.24) is 20.4 Å². The van der Waals surface area contributed by atoms with Gasteiger partial charge < -0.3 is 15.4 Å². The molecule has 1 aliphatic heterocycles. The highest BCUT2D eigenvalue weighted by Crippen LogP contribution is 2.43. The molecule has 6 nitrogen and oxygen atoms in total. The minimum absolute atomic E-state index is 0.121. The highest BCUT2D eigenvalue weighted by molar-refractivity contribution is 5.74. The smallest absolute Gasteiger partial charge is 0.315 e. The van der Waals surface area contributed by atoms with E-state index in [1.807, 2.05) is 12.3 Å². The summed E-state index contributed by atoms with van der Waals surface area (Å²) in [6, 6.07) is 2.43. The number of urea groups is 1. The van der Waals surface area contributed by atoms with Crippen LogP contribution in [0.1, 0.15) is 63.6 Å². The molecule has 2 N–H and O–H groups in total. The number of hydrogen-bond donors (Lipinski definition) is 2. The molecule has 24 heavy (non-hydrogen) atoms. The molecule has 6 heteroatoms. The lowest BCUT2D eigenvalue weighted by atomic mass is 9.90. The summed E-state index contributed by atoms with van der Waals surface area (Å²) in [5, 5.41) is 10.7. The number of aromatic nitrogens is 2. The van der Waals surface area contributed by atoms with E-state index in [0.29, 0.717) is 18.5 Å². The Labute approximate surface area is 143 Å². The van der Waals surface area contributed by atoms with Crippen LogP contribution in [0, 0.1) is 5.92 Å². The van der Waals surface area contributed by atoms with E-state index in [1.165, 1.54) is 38.5 Å². The van der Waals surface area contributed by atoms with E-state index >= 15 is 0 Å². The van der Waals surface area contributed by atoms with E-state index in [9.17, 15) is 4.79 Å². The van der Waals surface area contributed by atoms with Crippen LogP contribution in [0.25, 0.3) is 0 Å². The molecule has 2 heterocycles. The number of carbonyl (C=O) groups excluding carboxylic acids is 1. The zero-order valence-corrected chi connectivity index (χ0v) is 14.5. The first-order valence-electron chi connectivity index (χ1n) is 9.36. The molecule has 2 saturated carbocycles. The summed E-state index contributed by atoms with van der Waals surface area (Å²) in [4.78, 5) is 12.3. The molecule has 1 saturated heterocycles. The topological polar surface area (TPSA) is 68.2 Å². The van der Waals surface area contributed by atoms with Gasteiger partial charge in [0.25, 0.3) is 0 Å². The van der Waals surface area contributed by atoms with Gasteiger partial charge in [0.2, 0.25) is 0 Å². The molecule has 2 atom stereocenters. The van der Waals surface area contributed by atoms with Crippen LogP contribution < -0.4 is 10.6 Å². The van der Waals surface area contributed by atoms with E-state index in [1.54, 1.807) is 0 Å². The summed E-state index contributed by atoms with van der Waals surface area (Å²) in [6.07, 6.45) is 10.6. The SMILES string of the molecule is C[C@@]1(NC(=O)NCc2ccn(C3CCCC3)n2)CCO[C@@H]1C1CC1. The molecule has 0 radical (unpaired) electrons. The van der Waals surface area contributed by atoms with E-state index in [4.69, 9.17) is 4.74 Å². The average Bonchev–Trinajstić information content (AvgIpc) is 2.97. The van der Waals surface area contributed by atoms with Gasteiger partial charge in [0.05, 0.1) is 29.9 Å². The molecule has 2 amide bonds. The van der Waals surface area contributed by atoms with Gasteiger partial charge in [-0.2, -0.15) is 5.10 Å². The highest BCUT2D eigenvalue weighted by atomic mass is 16.5. The minimum Gasteiger partial charge on any atom is -0.375 e. The van der Waals surface area contributed by atoms with Gasteiger partial charge in [0.15, 0.2) is 0 Å². The Kier molecular flexibility index (Phi) is 4.24. The average molecular weight is 332 g/mol. The normalized spacial score (nSPS) is 30.6. The van der Waals surface area contributed by atoms with Crippen LogP contribution in [-0.4, -0.2) is 34.1 Å². The van der Waals surface area contributed by atoms with Crippen molar-refractivity contribution in [3.63, 3.8) is 0 Å². The van der Waals surface area contributed by atoms with Crippen LogP contribution in [0.4, 0.5) is 4.79 Å². The summed E-state index contributed by atoms with van der Waals surface area (Å²) < 4.78 is 7.92. The molecule has 1 aromatic rings. The Morgan fingerprint density at radius 1 is 1.38 bits per heavy atom. The third-order valence-electron chi connectivity index (χ3n) is 5.79. The summed E-state index contributed by atoms with van der Waals surface area (Å²) in [5.41, 5.74) is 0.678. The Balaban J connectivity index is 1.28. The summed E-state index contributed by atoms with van der Waals surface area (Å²) in [5.74, 6) is 0.625. The van der Waals surface area contributed by atoms with Crippen molar-refractivity contribution in [3.8, 4) is 0 Å². The molecule has 4 rings (SSSR count). The highest BCUT2D eigenvalue weighted by Gasteiger charge is 2.48. The molecule has 3 aliphatic rings. The van der Waals surface area contributed by atoms with Crippen LogP contribution in [0.15, 0.2) is 12.3 Å². The number of nitrogens with one attached hydrogen (secondary N) is 2. The maximum atomic E-state index is 12.3. The molecule has 0 aromatic carbocycles. The van der Waals surface area contributed by atoms with Crippen LogP contribution >= 0.6 is 0 Å². The van der Waals surface area contributed by atoms with Crippen molar-refractivity contribution in [2.45, 2.75) is 76.1 Å². The van der Waals surface area contributed by atoms with Crippen LogP contribution in [0.5, 0.6) is 0 Å². The fourth-order valence-corrected chi connectivity index (χ4v) is 4.23. The number of carbonyl (C=O) groups is 1. The molecule has 2 aliphatic carbocycles. The monoisotopic (exact) mass is 332 g/mol. The molecular formula is C18H28N4O2. The van der Waals surface area contributed by atoms with Gasteiger partial charge in [-0.25, -0.2) is 4.79 Å². The van der Waals surface area contributed by atoms with Gasteiger partial charge in [0, 0.05) is 12.8 Å². The maximum absolute atomic E-state index is 12.3. The molecule has 1 aromatic heterocycles. The Morgan fingerprint density at radius 2 is 2.17 bits per heavy atom. The third kappa shape index (κ3) is 3.29. The zero-order chi connectivity index (χ0) is 16.6. The van der Waals surface area contributed by atoms with Crippen molar-refractivity contribution < 1.29 is 9.53 Å². The molecular weight excluding hydrogens is 304 g/mol. The number of amides is 2. The second-order valence-corrected chi connectivity index (χ2v) is 7.83. The first-order chi connectivity index (χ1) is 11.6. The lowest BCUT2D eigenvalue weighted by Crippen LogP contribution is -2.55. The largest absolute Gasteiger partial charge is 0.375 e. The second-order valence-electron chi connectivity index (χ2n) is 7.83. The standard InChI is InChI=1S/C18H28N4O2/c1-18(9-11-24-16(18)13-6-7-13)20-17(23)19-12-14-8-10-22(21-14)15-4-2-3-5-15/h8,10,13,15-16H,2-7,9,11-12H2,1H3,(H2,19,20,23)/t16-,18-/m1/s1. The molecule has 0 unspecified atom stereocenters. The van der Waals surface area contributed by atoms with Crippen molar-refractivity contribution in [1.29, 1.82) is 0 Å². The lowest BCUT2D eigenvalue weighted by Gasteiger charge is -2.31. The van der Waals surface area contributed by atoms with E-state index < -0.39 is 0 Å². The van der Waals surface area contributed by atoms with Gasteiger partial charge in [0.1, 0.15) is 0 Å². The summed E-state index contributed by atoms with van der Waals surface area (Å²) in [6.45, 7) is 3.32. The number of ether oxygens (including phenoxy) is 1. The van der Waals surface area contributed by atoms with Crippen LogP contribution in [0.3, 0.4) is 0 Å². The van der Waals surface area contributed by atoms with Gasteiger partial charge in [-0.1, -0.05) is 12.8 Å². The molecule has 0 spiro atoms. The van der Waals surface area contributed by atoms with Crippen LogP contribution in [-0.2, 0) is 11.3 Å². The van der Waals surface area contributed by atoms with Crippen LogP contribution in [0.2, 0.25) is 0 Å². The molecule has 0 bridgehead atoms. The van der Waals surface area contributed by atoms with E-state index in [0.717, 1.165) is 18.7 Å². The van der Waals surface area contributed by atoms with E-state index in [-0.39, 0.29) is 17.7 Å². The Hall–Kier alpha value is -1.56. The molecule has 3 fully saturated rings. The number of hydrogen-bond acceptors (Lipinski definition) is 3. The molecule has 132 valence electrons. The number of rotatable bonds is 5. The van der Waals surface area contributed by atoms with Gasteiger partial charge in [-0.3, -0.25) is 4.68 Å². The zero-order valence-electron chi connectivity index (χ0n) is 14.5. The first kappa shape index (κ1) is 15.9. The minimum atomic E-state index is -0.242. The maximum Gasteiger partial charge on any atom is 0.315 e. The fraction of sp³-hybridized carbons (Fsp3) is 0.778. The van der Waals surface area contributed by atoms with Crippen molar-refractivity contribution in [3.05, 3.63) is 18.0 Å².